The first-order valence-electron chi connectivity index (χ1n) is 40.1. The summed E-state index contributed by atoms with van der Waals surface area (Å²) in [7, 11) is -9.97. The predicted octanol–water partition coefficient (Wildman–Crippen LogP) is 23.3. The molecule has 3 N–H and O–H groups in total. The van der Waals surface area contributed by atoms with Crippen LogP contribution in [0.1, 0.15) is 336 Å². The molecule has 5 atom stereocenters. The lowest BCUT2D eigenvalue weighted by Crippen LogP contribution is -2.30. The SMILES string of the molecule is CC/C=C\C/C=C\C/C=C\C/C=C\CCCCCCC(=O)OCC(COP(=O)(O)OCC(O)COP(=O)(O)OCC(COC(=O)CCCCCCC/C=C\C/C=C\CCCCC)OC(=O)CCCCCCC/C=C\C/C=C\CCCCC)OC(=O)CCCCCCC/C=C\CCCCCCCC. The number of phosphoric ester groups is 2. The number of phosphoric acid groups is 2. The van der Waals surface area contributed by atoms with Gasteiger partial charge in [-0.15, -0.1) is 0 Å². The third-order valence-corrected chi connectivity index (χ3v) is 18.6. The lowest BCUT2D eigenvalue weighted by Gasteiger charge is -2.21. The van der Waals surface area contributed by atoms with Crippen LogP contribution in [0.15, 0.2) is 109 Å². The quantitative estimate of drug-likeness (QED) is 0.0169. The fourth-order valence-electron chi connectivity index (χ4n) is 10.6. The molecule has 0 saturated carbocycles. The van der Waals surface area contributed by atoms with E-state index in [4.69, 9.17) is 37.0 Å². The van der Waals surface area contributed by atoms with Gasteiger partial charge in [-0.2, -0.15) is 0 Å². The van der Waals surface area contributed by atoms with Crippen molar-refractivity contribution in [2.24, 2.45) is 0 Å². The van der Waals surface area contributed by atoms with Crippen LogP contribution in [-0.4, -0.2) is 96.7 Å². The smallest absolute Gasteiger partial charge is 0.462 e. The maximum absolute atomic E-state index is 13.1. The molecule has 17 nitrogen and oxygen atoms in total. The summed E-state index contributed by atoms with van der Waals surface area (Å²) in [6, 6.07) is 0. The number of aliphatic hydroxyl groups excluding tert-OH is 1. The fourth-order valence-corrected chi connectivity index (χ4v) is 12.1. The summed E-state index contributed by atoms with van der Waals surface area (Å²) in [5.41, 5.74) is 0. The molecule has 0 amide bonds. The van der Waals surface area contributed by atoms with Crippen LogP contribution in [0, 0.1) is 0 Å². The molecule has 0 aromatic rings. The van der Waals surface area contributed by atoms with E-state index in [0.29, 0.717) is 25.7 Å². The highest BCUT2D eigenvalue weighted by atomic mass is 31.2. The van der Waals surface area contributed by atoms with Crippen molar-refractivity contribution in [1.29, 1.82) is 0 Å². The highest BCUT2D eigenvalue weighted by Crippen LogP contribution is 2.45. The Balaban J connectivity index is 5.40. The molecule has 5 unspecified atom stereocenters. The van der Waals surface area contributed by atoms with Gasteiger partial charge in [0.2, 0.25) is 0 Å². The van der Waals surface area contributed by atoms with Gasteiger partial charge in [0.1, 0.15) is 19.3 Å². The fraction of sp³-hybridized carbons (Fsp3) is 0.735. The van der Waals surface area contributed by atoms with Gasteiger partial charge in [0.15, 0.2) is 12.2 Å². The molecular weight excluding hydrogens is 1330 g/mol. The second-order valence-corrected chi connectivity index (χ2v) is 29.5. The van der Waals surface area contributed by atoms with E-state index in [9.17, 15) is 43.2 Å². The first-order valence-corrected chi connectivity index (χ1v) is 43.1. The number of rotatable bonds is 75. The van der Waals surface area contributed by atoms with Crippen LogP contribution < -0.4 is 0 Å². The molecular formula is C83H144O17P2. The number of carbonyl (C=O) groups is 4. The van der Waals surface area contributed by atoms with E-state index < -0.39 is 97.5 Å². The van der Waals surface area contributed by atoms with Crippen molar-refractivity contribution in [3.8, 4) is 0 Å². The zero-order valence-corrected chi connectivity index (χ0v) is 66.0. The number of allylic oxidation sites excluding steroid dienone is 18. The van der Waals surface area contributed by atoms with E-state index in [0.717, 1.165) is 180 Å². The van der Waals surface area contributed by atoms with Crippen LogP contribution in [-0.2, 0) is 65.4 Å². The molecule has 0 fully saturated rings. The van der Waals surface area contributed by atoms with Crippen LogP contribution >= 0.6 is 15.6 Å². The highest BCUT2D eigenvalue weighted by molar-refractivity contribution is 7.47. The summed E-state index contributed by atoms with van der Waals surface area (Å²) >= 11 is 0. The van der Waals surface area contributed by atoms with E-state index >= 15 is 0 Å². The summed E-state index contributed by atoms with van der Waals surface area (Å²) < 4.78 is 68.6. The molecule has 588 valence electrons. The molecule has 0 bridgehead atoms. The Labute approximate surface area is 619 Å². The first kappa shape index (κ1) is 97.7. The molecule has 19 heteroatoms. The predicted molar refractivity (Wildman–Crippen MR) is 418 cm³/mol. The normalized spacial score (nSPS) is 14.5. The van der Waals surface area contributed by atoms with Gasteiger partial charge in [-0.05, 0) is 154 Å². The van der Waals surface area contributed by atoms with Gasteiger partial charge in [0, 0.05) is 25.7 Å². The molecule has 0 aliphatic rings. The van der Waals surface area contributed by atoms with Gasteiger partial charge in [-0.1, -0.05) is 265 Å². The lowest BCUT2D eigenvalue weighted by molar-refractivity contribution is -0.161. The maximum Gasteiger partial charge on any atom is 0.472 e. The van der Waals surface area contributed by atoms with Gasteiger partial charge in [0.25, 0.3) is 0 Å². The molecule has 0 aliphatic carbocycles. The number of ether oxygens (including phenoxy) is 4. The molecule has 102 heavy (non-hydrogen) atoms. The van der Waals surface area contributed by atoms with E-state index in [1.165, 1.54) is 77.0 Å². The van der Waals surface area contributed by atoms with Crippen molar-refractivity contribution in [1.82, 2.24) is 0 Å². The minimum Gasteiger partial charge on any atom is -0.462 e. The highest BCUT2D eigenvalue weighted by Gasteiger charge is 2.30. The van der Waals surface area contributed by atoms with E-state index in [-0.39, 0.29) is 25.7 Å². The molecule has 0 aliphatic heterocycles. The third-order valence-electron chi connectivity index (χ3n) is 16.7. The van der Waals surface area contributed by atoms with Gasteiger partial charge < -0.3 is 33.8 Å². The summed E-state index contributed by atoms with van der Waals surface area (Å²) in [6.07, 6.45) is 80.6. The number of esters is 4. The van der Waals surface area contributed by atoms with Crippen LogP contribution in [0.2, 0.25) is 0 Å². The number of hydrogen-bond donors (Lipinski definition) is 3. The van der Waals surface area contributed by atoms with Crippen molar-refractivity contribution in [2.75, 3.05) is 39.6 Å². The minimum atomic E-state index is -4.99. The van der Waals surface area contributed by atoms with Crippen LogP contribution in [0.4, 0.5) is 0 Å². The zero-order chi connectivity index (χ0) is 74.6. The van der Waals surface area contributed by atoms with Gasteiger partial charge in [-0.25, -0.2) is 9.13 Å². The van der Waals surface area contributed by atoms with Gasteiger partial charge >= 0.3 is 39.5 Å². The van der Waals surface area contributed by atoms with Gasteiger partial charge in [0.05, 0.1) is 26.4 Å². The second kappa shape index (κ2) is 75.0. The number of carbonyl (C=O) groups excluding carboxylic acids is 4. The van der Waals surface area contributed by atoms with Crippen molar-refractivity contribution in [3.05, 3.63) is 109 Å². The lowest BCUT2D eigenvalue weighted by atomic mass is 10.1. The van der Waals surface area contributed by atoms with Crippen LogP contribution in [0.3, 0.4) is 0 Å². The molecule has 0 saturated heterocycles. The van der Waals surface area contributed by atoms with Crippen molar-refractivity contribution < 1.29 is 80.2 Å². The Kier molecular flexibility index (Phi) is 71.8. The Morgan fingerprint density at radius 3 is 0.814 bits per heavy atom. The molecule has 0 spiro atoms. The molecule has 0 rings (SSSR count). The molecule has 0 radical (unpaired) electrons. The number of hydrogen-bond acceptors (Lipinski definition) is 15. The monoisotopic (exact) mass is 1470 g/mol. The summed E-state index contributed by atoms with van der Waals surface area (Å²) in [5, 5.41) is 10.6. The number of aliphatic hydroxyl groups is 1. The summed E-state index contributed by atoms with van der Waals surface area (Å²) in [6.45, 7) is 4.67. The second-order valence-electron chi connectivity index (χ2n) is 26.6. The maximum atomic E-state index is 13.1. The molecule has 0 heterocycles. The van der Waals surface area contributed by atoms with E-state index in [1.807, 2.05) is 0 Å². The topological polar surface area (TPSA) is 237 Å². The van der Waals surface area contributed by atoms with Crippen molar-refractivity contribution in [2.45, 2.75) is 354 Å². The third kappa shape index (κ3) is 74.0. The Morgan fingerprint density at radius 2 is 0.510 bits per heavy atom. The summed E-state index contributed by atoms with van der Waals surface area (Å²) in [4.78, 5) is 73.0. The van der Waals surface area contributed by atoms with Crippen LogP contribution in [0.5, 0.6) is 0 Å². The Bertz CT molecular complexity index is 2360. The van der Waals surface area contributed by atoms with Crippen molar-refractivity contribution >= 4 is 39.5 Å². The minimum absolute atomic E-state index is 0.0749. The summed E-state index contributed by atoms with van der Waals surface area (Å²) in [5.74, 6) is -2.23. The number of unbranched alkanes of at least 4 members (excludes halogenated alkanes) is 31. The Hall–Kier alpha value is -4.28. The average molecular weight is 1480 g/mol. The molecule has 0 aromatic carbocycles. The van der Waals surface area contributed by atoms with E-state index in [1.54, 1.807) is 0 Å². The standard InChI is InChI=1S/C83H144O17P2/c1-5-9-13-17-21-25-29-33-37-38-42-44-48-52-56-60-64-68-81(86)94-74-79(100-83(88)70-66-62-58-54-50-46-41-36-32-28-24-20-16-12-8-4)76-98-102(91,92)96-72-77(84)71-95-101(89,90)97-75-78(99-82(87)69-65-61-57-53-49-45-40-35-31-27-23-19-15-11-7-3)73-93-80(85)67-63-59-55-51-47-43-39-34-30-26-22-18-14-10-6-2/h9,13,21-23,25-27,33-37,39-42,44,77-79,84H,5-8,10-12,14-20,24,28-32,38,43,45-76H2,1-4H3,(H,89,90)(H,91,92)/b13-9-,25-21-,26-22-,27-23-,37-33-,39-34-,40-35-,41-36-,44-42-. The van der Waals surface area contributed by atoms with Gasteiger partial charge in [-0.3, -0.25) is 37.3 Å². The Morgan fingerprint density at radius 1 is 0.284 bits per heavy atom. The zero-order valence-electron chi connectivity index (χ0n) is 64.3. The van der Waals surface area contributed by atoms with E-state index in [2.05, 4.69) is 137 Å². The molecule has 0 aromatic heterocycles. The average Bonchev–Trinajstić information content (AvgIpc) is 0.923. The van der Waals surface area contributed by atoms with Crippen LogP contribution in [0.25, 0.3) is 0 Å². The largest absolute Gasteiger partial charge is 0.472 e. The first-order chi connectivity index (χ1) is 49.7. The van der Waals surface area contributed by atoms with Crippen molar-refractivity contribution in [3.63, 3.8) is 0 Å².